The van der Waals surface area contributed by atoms with Crippen LogP contribution in [0.3, 0.4) is 0 Å². The molecule has 1 saturated heterocycles. The Kier molecular flexibility index (Phi) is 6.63. The molecule has 0 aliphatic carbocycles. The normalized spacial score (nSPS) is 13.6. The Bertz CT molecular complexity index is 1130. The van der Waals surface area contributed by atoms with Crippen LogP contribution in [0, 0.1) is 13.8 Å². The van der Waals surface area contributed by atoms with Crippen LogP contribution in [0.5, 0.6) is 11.5 Å². The van der Waals surface area contributed by atoms with Gasteiger partial charge in [0, 0.05) is 37.4 Å². The van der Waals surface area contributed by atoms with E-state index in [-0.39, 0.29) is 6.03 Å². The average molecular weight is 448 g/mol. The molecule has 1 aliphatic heterocycles. The van der Waals surface area contributed by atoms with Crippen molar-refractivity contribution >= 4 is 17.5 Å². The quantitative estimate of drug-likeness (QED) is 0.634. The molecule has 2 amide bonds. The minimum Gasteiger partial charge on any atom is -0.497 e. The molecule has 2 heterocycles. The first-order valence-electron chi connectivity index (χ1n) is 10.9. The van der Waals surface area contributed by atoms with E-state index in [2.05, 4.69) is 26.5 Å². The van der Waals surface area contributed by atoms with Gasteiger partial charge in [-0.3, -0.25) is 0 Å². The minimum absolute atomic E-state index is 0.0758. The van der Waals surface area contributed by atoms with E-state index in [9.17, 15) is 4.79 Å². The summed E-state index contributed by atoms with van der Waals surface area (Å²) in [6, 6.07) is 15.4. The second-order valence-corrected chi connectivity index (χ2v) is 8.07. The summed E-state index contributed by atoms with van der Waals surface area (Å²) in [5.41, 5.74) is 4.62. The smallest absolute Gasteiger partial charge is 0.321 e. The van der Waals surface area contributed by atoms with Crippen molar-refractivity contribution in [2.75, 3.05) is 50.6 Å². The second kappa shape index (κ2) is 9.77. The topological polar surface area (TPSA) is 79.8 Å². The van der Waals surface area contributed by atoms with Gasteiger partial charge in [0.2, 0.25) is 0 Å². The van der Waals surface area contributed by atoms with Gasteiger partial charge < -0.3 is 24.6 Å². The van der Waals surface area contributed by atoms with E-state index >= 15 is 0 Å². The molecule has 33 heavy (non-hydrogen) atoms. The molecule has 1 fully saturated rings. The first-order chi connectivity index (χ1) is 16.0. The molecular formula is C25H29N5O3. The van der Waals surface area contributed by atoms with Crippen molar-refractivity contribution in [1.82, 2.24) is 15.1 Å². The van der Waals surface area contributed by atoms with Gasteiger partial charge >= 0.3 is 6.03 Å². The number of aryl methyl sites for hydroxylation is 2. The highest BCUT2D eigenvalue weighted by molar-refractivity contribution is 5.90. The molecule has 0 saturated carbocycles. The van der Waals surface area contributed by atoms with E-state index in [1.165, 1.54) is 5.56 Å². The highest BCUT2D eigenvalue weighted by Crippen LogP contribution is 2.32. The van der Waals surface area contributed by atoms with Crippen molar-refractivity contribution in [3.63, 3.8) is 0 Å². The maximum Gasteiger partial charge on any atom is 0.321 e. The molecule has 4 rings (SSSR count). The van der Waals surface area contributed by atoms with Gasteiger partial charge in [-0.2, -0.15) is 0 Å². The van der Waals surface area contributed by atoms with E-state index in [4.69, 9.17) is 9.47 Å². The van der Waals surface area contributed by atoms with E-state index < -0.39 is 0 Å². The summed E-state index contributed by atoms with van der Waals surface area (Å²) in [6.07, 6.45) is 0. The monoisotopic (exact) mass is 447 g/mol. The summed E-state index contributed by atoms with van der Waals surface area (Å²) in [5.74, 6) is 2.23. The Morgan fingerprint density at radius 1 is 0.909 bits per heavy atom. The largest absolute Gasteiger partial charge is 0.497 e. The van der Waals surface area contributed by atoms with E-state index in [0.717, 1.165) is 28.4 Å². The van der Waals surface area contributed by atoms with Crippen LogP contribution in [0.1, 0.15) is 11.1 Å². The Balaban J connectivity index is 1.39. The highest BCUT2D eigenvalue weighted by atomic mass is 16.5. The first-order valence-corrected chi connectivity index (χ1v) is 10.9. The van der Waals surface area contributed by atoms with E-state index in [0.29, 0.717) is 37.6 Å². The fourth-order valence-corrected chi connectivity index (χ4v) is 3.94. The fraction of sp³-hybridized carbons (Fsp3) is 0.320. The molecule has 2 aromatic carbocycles. The third-order valence-corrected chi connectivity index (χ3v) is 5.85. The van der Waals surface area contributed by atoms with Crippen LogP contribution in [0.2, 0.25) is 0 Å². The number of benzene rings is 2. The molecule has 0 radical (unpaired) electrons. The number of urea groups is 1. The number of amides is 2. The lowest BCUT2D eigenvalue weighted by Gasteiger charge is -2.35. The standard InChI is InChI=1S/C25H29N5O3/c1-17-5-7-21(18(2)15-17)26-25(31)30-13-11-29(12-14-30)24-10-8-22(27-28-24)20-16-19(32-3)6-9-23(20)33-4/h5-10,15-16H,11-14H2,1-4H3,(H,26,31). The van der Waals surface area contributed by atoms with Crippen LogP contribution in [-0.2, 0) is 0 Å². The number of nitrogens with one attached hydrogen (secondary N) is 1. The first kappa shape index (κ1) is 22.4. The summed E-state index contributed by atoms with van der Waals surface area (Å²) < 4.78 is 10.8. The third-order valence-electron chi connectivity index (χ3n) is 5.85. The zero-order chi connectivity index (χ0) is 23.4. The van der Waals surface area contributed by atoms with E-state index in [1.54, 1.807) is 14.2 Å². The molecule has 172 valence electrons. The molecule has 1 aliphatic rings. The van der Waals surface area contributed by atoms with Crippen LogP contribution in [0.4, 0.5) is 16.3 Å². The molecule has 1 N–H and O–H groups in total. The third kappa shape index (κ3) is 5.00. The molecule has 0 spiro atoms. The van der Waals surface area contributed by atoms with Crippen molar-refractivity contribution in [3.05, 3.63) is 59.7 Å². The molecular weight excluding hydrogens is 418 g/mol. The number of anilines is 2. The summed E-state index contributed by atoms with van der Waals surface area (Å²) >= 11 is 0. The summed E-state index contributed by atoms with van der Waals surface area (Å²) in [7, 11) is 3.26. The number of hydrogen-bond acceptors (Lipinski definition) is 6. The Morgan fingerprint density at radius 2 is 1.70 bits per heavy atom. The van der Waals surface area contributed by atoms with Gasteiger partial charge in [-0.05, 0) is 55.8 Å². The number of carbonyl (C=O) groups is 1. The zero-order valence-corrected chi connectivity index (χ0v) is 19.5. The fourth-order valence-electron chi connectivity index (χ4n) is 3.94. The van der Waals surface area contributed by atoms with Crippen LogP contribution >= 0.6 is 0 Å². The lowest BCUT2D eigenvalue weighted by Crippen LogP contribution is -2.50. The molecule has 3 aromatic rings. The Hall–Kier alpha value is -3.81. The van der Waals surface area contributed by atoms with Crippen molar-refractivity contribution in [2.24, 2.45) is 0 Å². The number of hydrogen-bond donors (Lipinski definition) is 1. The number of ether oxygens (including phenoxy) is 2. The van der Waals surface area contributed by atoms with E-state index in [1.807, 2.05) is 61.2 Å². The van der Waals surface area contributed by atoms with Crippen LogP contribution in [0.25, 0.3) is 11.3 Å². The molecule has 0 bridgehead atoms. The molecule has 8 heteroatoms. The van der Waals surface area contributed by atoms with Gasteiger partial charge in [0.05, 0.1) is 19.9 Å². The van der Waals surface area contributed by atoms with Gasteiger partial charge in [0.25, 0.3) is 0 Å². The van der Waals surface area contributed by atoms with Crippen LogP contribution < -0.4 is 19.7 Å². The predicted octanol–water partition coefficient (Wildman–Crippen LogP) is 4.13. The number of methoxy groups -OCH3 is 2. The van der Waals surface area contributed by atoms with Crippen LogP contribution in [-0.4, -0.2) is 61.5 Å². The average Bonchev–Trinajstić information content (AvgIpc) is 2.85. The zero-order valence-electron chi connectivity index (χ0n) is 19.5. The maximum absolute atomic E-state index is 12.7. The minimum atomic E-state index is -0.0758. The highest BCUT2D eigenvalue weighted by Gasteiger charge is 2.23. The SMILES string of the molecule is COc1ccc(OC)c(-c2ccc(N3CCN(C(=O)Nc4ccc(C)cc4C)CC3)nn2)c1. The Morgan fingerprint density at radius 3 is 2.33 bits per heavy atom. The number of aromatic nitrogens is 2. The number of carbonyl (C=O) groups excluding carboxylic acids is 1. The summed E-state index contributed by atoms with van der Waals surface area (Å²) in [5, 5.41) is 11.9. The molecule has 1 aromatic heterocycles. The number of rotatable bonds is 5. The van der Waals surface area contributed by atoms with Gasteiger partial charge in [0.1, 0.15) is 11.5 Å². The lowest BCUT2D eigenvalue weighted by molar-refractivity contribution is 0.208. The molecule has 8 nitrogen and oxygen atoms in total. The van der Waals surface area contributed by atoms with Crippen molar-refractivity contribution in [1.29, 1.82) is 0 Å². The second-order valence-electron chi connectivity index (χ2n) is 8.07. The number of piperazine rings is 1. The van der Waals surface area contributed by atoms with Gasteiger partial charge in [-0.1, -0.05) is 17.7 Å². The summed E-state index contributed by atoms with van der Waals surface area (Å²) in [4.78, 5) is 16.7. The van der Waals surface area contributed by atoms with Gasteiger partial charge in [-0.25, -0.2) is 4.79 Å². The molecule has 0 atom stereocenters. The Labute approximate surface area is 194 Å². The molecule has 0 unspecified atom stereocenters. The maximum atomic E-state index is 12.7. The lowest BCUT2D eigenvalue weighted by atomic mass is 10.1. The van der Waals surface area contributed by atoms with Crippen molar-refractivity contribution in [2.45, 2.75) is 13.8 Å². The van der Waals surface area contributed by atoms with Crippen molar-refractivity contribution < 1.29 is 14.3 Å². The summed E-state index contributed by atoms with van der Waals surface area (Å²) in [6.45, 7) is 6.66. The number of nitrogens with zero attached hydrogens (tertiary/aromatic N) is 4. The van der Waals surface area contributed by atoms with Gasteiger partial charge in [-0.15, -0.1) is 10.2 Å². The van der Waals surface area contributed by atoms with Gasteiger partial charge in [0.15, 0.2) is 5.82 Å². The predicted molar refractivity (Wildman–Crippen MR) is 129 cm³/mol. The van der Waals surface area contributed by atoms with Crippen LogP contribution in [0.15, 0.2) is 48.5 Å². The van der Waals surface area contributed by atoms with Crippen molar-refractivity contribution in [3.8, 4) is 22.8 Å².